The van der Waals surface area contributed by atoms with Gasteiger partial charge in [0, 0.05) is 13.1 Å². The third-order valence-corrected chi connectivity index (χ3v) is 6.40. The van der Waals surface area contributed by atoms with Gasteiger partial charge in [0.25, 0.3) is 0 Å². The Morgan fingerprint density at radius 3 is 2.17 bits per heavy atom. The molecule has 2 amide bonds. The zero-order valence-electron chi connectivity index (χ0n) is 14.5. The number of rotatable bonds is 5. The van der Waals surface area contributed by atoms with E-state index < -0.39 is 0 Å². The lowest BCUT2D eigenvalue weighted by Crippen LogP contribution is -2.52. The lowest BCUT2D eigenvalue weighted by molar-refractivity contribution is -0.0498. The first-order valence-corrected chi connectivity index (χ1v) is 9.29. The van der Waals surface area contributed by atoms with Crippen LogP contribution < -0.4 is 15.4 Å². The van der Waals surface area contributed by atoms with E-state index in [9.17, 15) is 4.79 Å². The van der Waals surface area contributed by atoms with E-state index >= 15 is 0 Å². The fraction of sp³-hybridized carbons (Fsp3) is 0.650. The maximum absolute atomic E-state index is 12.2. The fourth-order valence-electron chi connectivity index (χ4n) is 5.76. The van der Waals surface area contributed by atoms with Gasteiger partial charge in [-0.1, -0.05) is 12.1 Å². The minimum atomic E-state index is -0.0402. The third kappa shape index (κ3) is 3.24. The van der Waals surface area contributed by atoms with Crippen LogP contribution in [0.2, 0.25) is 0 Å². The lowest BCUT2D eigenvalue weighted by Gasteiger charge is -2.56. The highest BCUT2D eigenvalue weighted by molar-refractivity contribution is 5.73. The maximum atomic E-state index is 12.2. The Kier molecular flexibility index (Phi) is 4.15. The van der Waals surface area contributed by atoms with Gasteiger partial charge in [0.15, 0.2) is 0 Å². The Labute approximate surface area is 144 Å². The molecule has 4 aliphatic carbocycles. The van der Waals surface area contributed by atoms with Crippen LogP contribution in [0.1, 0.15) is 44.1 Å². The minimum absolute atomic E-state index is 0.0402. The molecule has 4 saturated carbocycles. The van der Waals surface area contributed by atoms with E-state index in [0.717, 1.165) is 35.6 Å². The Balaban J connectivity index is 1.26. The van der Waals surface area contributed by atoms with E-state index in [1.54, 1.807) is 7.11 Å². The molecule has 0 spiro atoms. The molecule has 0 saturated heterocycles. The molecule has 0 aliphatic heterocycles. The Morgan fingerprint density at radius 1 is 1.04 bits per heavy atom. The second-order valence-corrected chi connectivity index (χ2v) is 8.30. The van der Waals surface area contributed by atoms with Crippen molar-refractivity contribution >= 4 is 6.03 Å². The predicted octanol–water partition coefficient (Wildman–Crippen LogP) is 3.71. The van der Waals surface area contributed by atoms with Crippen molar-refractivity contribution in [1.29, 1.82) is 0 Å². The number of ether oxygens (including phenoxy) is 1. The van der Waals surface area contributed by atoms with Crippen LogP contribution in [0, 0.1) is 23.2 Å². The molecule has 0 radical (unpaired) electrons. The lowest BCUT2D eigenvalue weighted by atomic mass is 9.49. The van der Waals surface area contributed by atoms with Crippen molar-refractivity contribution in [3.63, 3.8) is 0 Å². The molecule has 1 aromatic carbocycles. The van der Waals surface area contributed by atoms with Gasteiger partial charge in [-0.2, -0.15) is 0 Å². The fourth-order valence-corrected chi connectivity index (χ4v) is 5.76. The van der Waals surface area contributed by atoms with Crippen molar-refractivity contribution in [2.75, 3.05) is 13.7 Å². The highest BCUT2D eigenvalue weighted by atomic mass is 16.5. The van der Waals surface area contributed by atoms with Crippen LogP contribution in [-0.2, 0) is 6.54 Å². The van der Waals surface area contributed by atoms with Gasteiger partial charge in [0.2, 0.25) is 0 Å². The largest absolute Gasteiger partial charge is 0.497 e. The summed E-state index contributed by atoms with van der Waals surface area (Å²) in [4.78, 5) is 12.2. The first-order chi connectivity index (χ1) is 11.6. The number of carbonyl (C=O) groups is 1. The van der Waals surface area contributed by atoms with Gasteiger partial charge in [-0.15, -0.1) is 0 Å². The first kappa shape index (κ1) is 15.8. The number of nitrogens with one attached hydrogen (secondary N) is 2. The average molecular weight is 328 g/mol. The van der Waals surface area contributed by atoms with Crippen molar-refractivity contribution < 1.29 is 9.53 Å². The molecule has 1 aromatic rings. The average Bonchev–Trinajstić information content (AvgIpc) is 2.57. The van der Waals surface area contributed by atoms with Crippen LogP contribution in [0.4, 0.5) is 4.79 Å². The number of carbonyl (C=O) groups excluding carboxylic acids is 1. The molecule has 130 valence electrons. The van der Waals surface area contributed by atoms with Crippen molar-refractivity contribution in [3.05, 3.63) is 29.8 Å². The van der Waals surface area contributed by atoms with Gasteiger partial charge in [0.1, 0.15) is 5.75 Å². The normalized spacial score (nSPS) is 33.3. The van der Waals surface area contributed by atoms with E-state index in [1.165, 1.54) is 38.5 Å². The summed E-state index contributed by atoms with van der Waals surface area (Å²) in [6.07, 6.45) is 8.34. The molecule has 4 nitrogen and oxygen atoms in total. The van der Waals surface area contributed by atoms with Crippen LogP contribution in [-0.4, -0.2) is 19.7 Å². The van der Waals surface area contributed by atoms with E-state index in [-0.39, 0.29) is 6.03 Å². The molecule has 2 N–H and O–H groups in total. The smallest absolute Gasteiger partial charge is 0.315 e. The van der Waals surface area contributed by atoms with Gasteiger partial charge < -0.3 is 15.4 Å². The Morgan fingerprint density at radius 2 is 1.62 bits per heavy atom. The second-order valence-electron chi connectivity index (χ2n) is 8.30. The summed E-state index contributed by atoms with van der Waals surface area (Å²) in [5, 5.41) is 6.14. The summed E-state index contributed by atoms with van der Waals surface area (Å²) >= 11 is 0. The summed E-state index contributed by atoms with van der Waals surface area (Å²) in [7, 11) is 1.66. The standard InChI is InChI=1S/C20H28N2O2/c1-24-18-4-2-14(3-5-18)12-21-19(23)22-13-20-9-15-6-16(10-20)8-17(7-15)11-20/h2-5,15-17H,6-13H2,1H3,(H2,21,22,23). The quantitative estimate of drug-likeness (QED) is 0.865. The molecule has 4 heteroatoms. The zero-order chi connectivity index (χ0) is 16.6. The molecule has 4 fully saturated rings. The predicted molar refractivity (Wildman–Crippen MR) is 93.8 cm³/mol. The second kappa shape index (κ2) is 6.30. The topological polar surface area (TPSA) is 50.4 Å². The molecule has 0 atom stereocenters. The highest BCUT2D eigenvalue weighted by Crippen LogP contribution is 2.59. The summed E-state index contributed by atoms with van der Waals surface area (Å²) in [6.45, 7) is 1.40. The van der Waals surface area contributed by atoms with Crippen LogP contribution >= 0.6 is 0 Å². The molecule has 4 aliphatic rings. The van der Waals surface area contributed by atoms with E-state index in [1.807, 2.05) is 24.3 Å². The molecule has 0 aromatic heterocycles. The van der Waals surface area contributed by atoms with Gasteiger partial charge >= 0.3 is 6.03 Å². The van der Waals surface area contributed by atoms with Crippen molar-refractivity contribution in [1.82, 2.24) is 10.6 Å². The molecule has 5 rings (SSSR count). The van der Waals surface area contributed by atoms with Gasteiger partial charge in [-0.3, -0.25) is 0 Å². The molecule has 4 bridgehead atoms. The summed E-state index contributed by atoms with van der Waals surface area (Å²) in [5.41, 5.74) is 1.48. The van der Waals surface area contributed by atoms with Crippen LogP contribution in [0.15, 0.2) is 24.3 Å². The molecular formula is C20H28N2O2. The third-order valence-electron chi connectivity index (χ3n) is 6.40. The van der Waals surface area contributed by atoms with Gasteiger partial charge in [-0.25, -0.2) is 4.79 Å². The summed E-state index contributed by atoms with van der Waals surface area (Å²) in [6, 6.07) is 7.77. The van der Waals surface area contributed by atoms with Gasteiger partial charge in [-0.05, 0) is 79.4 Å². The monoisotopic (exact) mass is 328 g/mol. The van der Waals surface area contributed by atoms with Crippen molar-refractivity contribution in [3.8, 4) is 5.75 Å². The van der Waals surface area contributed by atoms with Crippen LogP contribution in [0.5, 0.6) is 5.75 Å². The SMILES string of the molecule is COc1ccc(CNC(=O)NCC23CC4CC(CC(C4)C2)C3)cc1. The molecule has 24 heavy (non-hydrogen) atoms. The van der Waals surface area contributed by atoms with Crippen LogP contribution in [0.25, 0.3) is 0 Å². The number of methoxy groups -OCH3 is 1. The molecule has 0 unspecified atom stereocenters. The summed E-state index contributed by atoms with van der Waals surface area (Å²) < 4.78 is 5.15. The van der Waals surface area contributed by atoms with Crippen molar-refractivity contribution in [2.24, 2.45) is 23.2 Å². The van der Waals surface area contributed by atoms with E-state index in [4.69, 9.17) is 4.74 Å². The first-order valence-electron chi connectivity index (χ1n) is 9.29. The summed E-state index contributed by atoms with van der Waals surface area (Å²) in [5.74, 6) is 3.63. The molecule has 0 heterocycles. The van der Waals surface area contributed by atoms with E-state index in [0.29, 0.717) is 12.0 Å². The Bertz CT molecular complexity index is 561. The van der Waals surface area contributed by atoms with E-state index in [2.05, 4.69) is 10.6 Å². The zero-order valence-corrected chi connectivity index (χ0v) is 14.5. The minimum Gasteiger partial charge on any atom is -0.497 e. The number of benzene rings is 1. The molecular weight excluding hydrogens is 300 g/mol. The number of hydrogen-bond acceptors (Lipinski definition) is 2. The van der Waals surface area contributed by atoms with Crippen molar-refractivity contribution in [2.45, 2.75) is 45.1 Å². The Hall–Kier alpha value is -1.71. The number of amides is 2. The highest BCUT2D eigenvalue weighted by Gasteiger charge is 2.50. The number of hydrogen-bond donors (Lipinski definition) is 2. The number of urea groups is 1. The maximum Gasteiger partial charge on any atom is 0.315 e. The van der Waals surface area contributed by atoms with Crippen LogP contribution in [0.3, 0.4) is 0 Å². The van der Waals surface area contributed by atoms with Gasteiger partial charge in [0.05, 0.1) is 7.11 Å².